The summed E-state index contributed by atoms with van der Waals surface area (Å²) in [5.74, 6) is -1.92. The van der Waals surface area contributed by atoms with Crippen molar-refractivity contribution >= 4 is 22.9 Å². The first-order chi connectivity index (χ1) is 19.4. The molecule has 9 bridgehead atoms. The van der Waals surface area contributed by atoms with Crippen LogP contribution in [0.4, 0.5) is 4.39 Å². The lowest BCUT2D eigenvalue weighted by Crippen LogP contribution is -2.36. The second-order valence-electron chi connectivity index (χ2n) is 10.7. The van der Waals surface area contributed by atoms with Gasteiger partial charge >= 0.3 is 5.97 Å². The molecular weight excluding hydrogens is 511 g/mol. The summed E-state index contributed by atoms with van der Waals surface area (Å²) < 4.78 is 22.4. The number of amides is 1. The van der Waals surface area contributed by atoms with Gasteiger partial charge in [0.2, 0.25) is 0 Å². The fourth-order valence-electron chi connectivity index (χ4n) is 5.93. The number of ether oxygens (including phenoxy) is 1. The molecule has 9 heteroatoms. The summed E-state index contributed by atoms with van der Waals surface area (Å²) >= 11 is 0. The largest absolute Gasteiger partial charge is 0.491 e. The third kappa shape index (κ3) is 4.92. The molecule has 5 aliphatic rings. The van der Waals surface area contributed by atoms with Crippen molar-refractivity contribution in [3.8, 4) is 5.75 Å². The zero-order valence-electron chi connectivity index (χ0n) is 22.4. The Morgan fingerprint density at radius 2 is 1.95 bits per heavy atom. The van der Waals surface area contributed by atoms with E-state index in [0.29, 0.717) is 32.7 Å². The number of nitrogens with zero attached hydrogens (tertiary/aromatic N) is 4. The van der Waals surface area contributed by atoms with E-state index < -0.39 is 11.8 Å². The molecule has 6 heterocycles. The second kappa shape index (κ2) is 10.7. The van der Waals surface area contributed by atoms with E-state index >= 15 is 0 Å². The van der Waals surface area contributed by atoms with Gasteiger partial charge in [0.05, 0.1) is 18.5 Å². The van der Waals surface area contributed by atoms with Gasteiger partial charge in [-0.25, -0.2) is 9.07 Å². The van der Waals surface area contributed by atoms with Crippen LogP contribution in [0.25, 0.3) is 11.0 Å². The topological polar surface area (TPSA) is 97.5 Å². The van der Waals surface area contributed by atoms with Gasteiger partial charge in [-0.05, 0) is 84.7 Å². The van der Waals surface area contributed by atoms with Gasteiger partial charge < -0.3 is 14.7 Å². The van der Waals surface area contributed by atoms with Gasteiger partial charge in [0.15, 0.2) is 11.6 Å². The lowest BCUT2D eigenvalue weighted by atomic mass is 9.83. The van der Waals surface area contributed by atoms with E-state index in [1.165, 1.54) is 12.1 Å². The van der Waals surface area contributed by atoms with Crippen LogP contribution in [-0.2, 0) is 24.3 Å². The molecule has 0 spiro atoms. The molecule has 5 aliphatic heterocycles. The minimum Gasteiger partial charge on any atom is -0.491 e. The highest BCUT2D eigenvalue weighted by atomic mass is 19.1. The van der Waals surface area contributed by atoms with E-state index in [1.807, 2.05) is 41.9 Å². The first-order valence-electron chi connectivity index (χ1n) is 13.8. The summed E-state index contributed by atoms with van der Waals surface area (Å²) in [6, 6.07) is 14.4. The summed E-state index contributed by atoms with van der Waals surface area (Å²) in [5, 5.41) is 18.7. The monoisotopic (exact) mass is 542 g/mol. The lowest BCUT2D eigenvalue weighted by molar-refractivity contribution is -0.137. The minimum atomic E-state index is -0.890. The number of carbonyl (C=O) groups is 2. The molecule has 8 nitrogen and oxygen atoms in total. The molecule has 0 aliphatic carbocycles. The van der Waals surface area contributed by atoms with Gasteiger partial charge in [-0.3, -0.25) is 9.59 Å². The molecular formula is C31H31FN4O4. The molecule has 40 heavy (non-hydrogen) atoms. The average Bonchev–Trinajstić information content (AvgIpc) is 3.37. The highest BCUT2D eigenvalue weighted by Crippen LogP contribution is 2.35. The highest BCUT2D eigenvalue weighted by molar-refractivity contribution is 5.94. The smallest absolute Gasteiger partial charge is 0.304 e. The number of aromatic nitrogens is 3. The number of aliphatic carboxylic acids is 1. The zero-order chi connectivity index (χ0) is 27.8. The number of benzene rings is 3. The molecule has 9 rings (SSSR count). The molecule has 0 saturated heterocycles. The second-order valence-corrected chi connectivity index (χ2v) is 10.7. The van der Waals surface area contributed by atoms with E-state index in [0.717, 1.165) is 58.1 Å². The van der Waals surface area contributed by atoms with Crippen molar-refractivity contribution < 1.29 is 23.8 Å². The van der Waals surface area contributed by atoms with Crippen molar-refractivity contribution in [3.63, 3.8) is 0 Å². The predicted molar refractivity (Wildman–Crippen MR) is 147 cm³/mol. The van der Waals surface area contributed by atoms with E-state index in [1.54, 1.807) is 11.0 Å². The maximum absolute atomic E-state index is 14.8. The summed E-state index contributed by atoms with van der Waals surface area (Å²) in [6.45, 7) is 3.93. The van der Waals surface area contributed by atoms with Crippen LogP contribution in [0.3, 0.4) is 0 Å². The normalized spacial score (nSPS) is 17.7. The number of hydrogen-bond acceptors (Lipinski definition) is 5. The molecule has 1 atom stereocenters. The average molecular weight is 543 g/mol. The number of carboxylic acid groups (broad SMARTS) is 1. The van der Waals surface area contributed by atoms with Gasteiger partial charge in [-0.2, -0.15) is 0 Å². The molecule has 0 fully saturated rings. The third-order valence-electron chi connectivity index (χ3n) is 8.12. The van der Waals surface area contributed by atoms with E-state index in [4.69, 9.17) is 4.74 Å². The van der Waals surface area contributed by atoms with Crippen LogP contribution in [0.15, 0.2) is 48.5 Å². The molecule has 0 saturated carbocycles. The molecule has 1 aromatic heterocycles. The molecule has 0 radical (unpaired) electrons. The van der Waals surface area contributed by atoms with Crippen molar-refractivity contribution in [2.24, 2.45) is 0 Å². The van der Waals surface area contributed by atoms with Crippen LogP contribution >= 0.6 is 0 Å². The zero-order valence-corrected chi connectivity index (χ0v) is 22.4. The third-order valence-corrected chi connectivity index (χ3v) is 8.12. The van der Waals surface area contributed by atoms with Crippen LogP contribution in [0.1, 0.15) is 69.8 Å². The van der Waals surface area contributed by atoms with Gasteiger partial charge in [0.1, 0.15) is 5.52 Å². The van der Waals surface area contributed by atoms with Gasteiger partial charge in [0.25, 0.3) is 5.91 Å². The van der Waals surface area contributed by atoms with E-state index in [9.17, 15) is 19.1 Å². The molecule has 1 amide bonds. The molecule has 206 valence electrons. The van der Waals surface area contributed by atoms with Gasteiger partial charge in [-0.15, -0.1) is 5.10 Å². The fourth-order valence-corrected chi connectivity index (χ4v) is 5.93. The van der Waals surface area contributed by atoms with Crippen LogP contribution in [0.5, 0.6) is 5.75 Å². The fraction of sp³-hybridized carbons (Fsp3) is 0.355. The Morgan fingerprint density at radius 3 is 2.77 bits per heavy atom. The molecule has 4 aromatic rings. The van der Waals surface area contributed by atoms with Crippen molar-refractivity contribution in [2.75, 3.05) is 13.2 Å². The summed E-state index contributed by atoms with van der Waals surface area (Å²) in [7, 11) is 0. The Hall–Kier alpha value is -4.27. The van der Waals surface area contributed by atoms with Crippen LogP contribution in [-0.4, -0.2) is 50.0 Å². The predicted octanol–water partition coefficient (Wildman–Crippen LogP) is 5.25. The first kappa shape index (κ1) is 26.0. The highest BCUT2D eigenvalue weighted by Gasteiger charge is 2.26. The molecule has 3 aromatic carbocycles. The first-order valence-corrected chi connectivity index (χ1v) is 13.8. The Balaban J connectivity index is 1.42. The number of aryl methyl sites for hydroxylation is 2. The number of carbonyl (C=O) groups excluding carboxylic acids is 1. The molecule has 1 N–H and O–H groups in total. The Bertz CT molecular complexity index is 1610. The maximum atomic E-state index is 14.8. The van der Waals surface area contributed by atoms with Crippen molar-refractivity contribution in [3.05, 3.63) is 87.7 Å². The number of halogens is 1. The number of hydrogen-bond donors (Lipinski definition) is 1. The van der Waals surface area contributed by atoms with Crippen LogP contribution < -0.4 is 4.74 Å². The summed E-state index contributed by atoms with van der Waals surface area (Å²) in [5.41, 5.74) is 6.76. The van der Waals surface area contributed by atoms with Gasteiger partial charge in [-0.1, -0.05) is 29.5 Å². The SMILES string of the molecule is Cc1c2ccc3c1nnn3CCCCCOc1ccc(cc1F)C(=O)N1CCc3ccc(cc3C1)C2CC(=O)O. The van der Waals surface area contributed by atoms with Crippen LogP contribution in [0, 0.1) is 12.7 Å². The van der Waals surface area contributed by atoms with Crippen molar-refractivity contribution in [1.29, 1.82) is 0 Å². The summed E-state index contributed by atoms with van der Waals surface area (Å²) in [6.07, 6.45) is 3.06. The number of carboxylic acids is 1. The standard InChI is InChI=1S/C31H31FN4O4/c1-19-24-8-9-27-30(19)33-34-36(27)12-3-2-4-14-40-28-10-7-22(16-26(28)32)31(39)35-13-11-20-5-6-21(15-23(20)18-35)25(24)17-29(37)38/h5-10,15-16,25H,2-4,11-14,17-18H2,1H3,(H,37,38). The lowest BCUT2D eigenvalue weighted by Gasteiger charge is -2.30. The Morgan fingerprint density at radius 1 is 1.07 bits per heavy atom. The number of rotatable bonds is 2. The van der Waals surface area contributed by atoms with E-state index in [2.05, 4.69) is 10.3 Å². The molecule has 1 unspecified atom stereocenters. The van der Waals surface area contributed by atoms with Crippen molar-refractivity contribution in [1.82, 2.24) is 19.9 Å². The Labute approximate surface area is 231 Å². The maximum Gasteiger partial charge on any atom is 0.304 e. The Kier molecular flexibility index (Phi) is 6.96. The van der Waals surface area contributed by atoms with E-state index in [-0.39, 0.29) is 29.6 Å². The quantitative estimate of drug-likeness (QED) is 0.372. The van der Waals surface area contributed by atoms with Crippen molar-refractivity contribution in [2.45, 2.75) is 58.0 Å². The minimum absolute atomic E-state index is 0.0738. The summed E-state index contributed by atoms with van der Waals surface area (Å²) in [4.78, 5) is 27.1. The van der Waals surface area contributed by atoms with Crippen LogP contribution in [0.2, 0.25) is 0 Å². The van der Waals surface area contributed by atoms with Gasteiger partial charge in [0, 0.05) is 31.1 Å².